The van der Waals surface area contributed by atoms with Crippen LogP contribution in [0.15, 0.2) is 0 Å². The van der Waals surface area contributed by atoms with E-state index in [1.54, 1.807) is 0 Å². The number of hydrogen-bond acceptors (Lipinski definition) is 5. The van der Waals surface area contributed by atoms with Crippen LogP contribution in [0.1, 0.15) is 46.8 Å². The average Bonchev–Trinajstić information content (AvgIpc) is 3.07. The van der Waals surface area contributed by atoms with Crippen molar-refractivity contribution in [3.8, 4) is 0 Å². The van der Waals surface area contributed by atoms with Gasteiger partial charge >= 0.3 is 0 Å². The van der Waals surface area contributed by atoms with E-state index in [4.69, 9.17) is 11.5 Å². The van der Waals surface area contributed by atoms with Gasteiger partial charge in [0, 0.05) is 31.2 Å². The molecular formula is C15H22N4OS. The van der Waals surface area contributed by atoms with E-state index < -0.39 is 0 Å². The zero-order chi connectivity index (χ0) is 14.6. The van der Waals surface area contributed by atoms with Crippen molar-refractivity contribution in [2.45, 2.75) is 37.6 Å². The van der Waals surface area contributed by atoms with Gasteiger partial charge in [0.25, 0.3) is 5.91 Å². The normalized spacial score (nSPS) is 26.1. The number of carbonyl (C=O) groups is 1. The molecule has 1 aromatic heterocycles. The van der Waals surface area contributed by atoms with Gasteiger partial charge in [0.05, 0.1) is 10.7 Å². The second kappa shape index (κ2) is 4.88. The SMILES string of the molecule is NC(=O)c1sc(N2CCN3CCCC3C2)c(C2CC2)c1N. The molecule has 1 unspecified atom stereocenters. The maximum Gasteiger partial charge on any atom is 0.260 e. The molecule has 4 rings (SSSR count). The van der Waals surface area contributed by atoms with Gasteiger partial charge in [-0.2, -0.15) is 0 Å². The molecule has 114 valence electrons. The van der Waals surface area contributed by atoms with Crippen LogP contribution in [0.4, 0.5) is 10.7 Å². The number of thiophene rings is 1. The third-order valence-electron chi connectivity index (χ3n) is 5.05. The predicted molar refractivity (Wildman–Crippen MR) is 86.0 cm³/mol. The fourth-order valence-corrected chi connectivity index (χ4v) is 5.00. The Morgan fingerprint density at radius 3 is 2.71 bits per heavy atom. The van der Waals surface area contributed by atoms with Gasteiger partial charge in [0.2, 0.25) is 0 Å². The summed E-state index contributed by atoms with van der Waals surface area (Å²) in [6.45, 7) is 4.47. The number of hydrogen-bond donors (Lipinski definition) is 2. The molecule has 1 aromatic rings. The van der Waals surface area contributed by atoms with Gasteiger partial charge in [-0.1, -0.05) is 0 Å². The predicted octanol–water partition coefficient (Wildman–Crippen LogP) is 1.59. The van der Waals surface area contributed by atoms with Gasteiger partial charge in [-0.05, 0) is 38.1 Å². The number of nitrogens with two attached hydrogens (primary N) is 2. The van der Waals surface area contributed by atoms with Gasteiger partial charge in [0.15, 0.2) is 0 Å². The van der Waals surface area contributed by atoms with Gasteiger partial charge in [-0.25, -0.2) is 0 Å². The lowest BCUT2D eigenvalue weighted by atomic mass is 10.1. The molecule has 2 saturated heterocycles. The minimum absolute atomic E-state index is 0.384. The summed E-state index contributed by atoms with van der Waals surface area (Å²) >= 11 is 1.51. The van der Waals surface area contributed by atoms with Gasteiger partial charge in [-0.3, -0.25) is 9.69 Å². The fraction of sp³-hybridized carbons (Fsp3) is 0.667. The first-order valence-electron chi connectivity index (χ1n) is 7.86. The first kappa shape index (κ1) is 13.4. The lowest BCUT2D eigenvalue weighted by Gasteiger charge is -2.38. The van der Waals surface area contributed by atoms with Crippen molar-refractivity contribution in [2.75, 3.05) is 36.8 Å². The molecule has 6 heteroatoms. The number of nitrogens with zero attached hydrogens (tertiary/aromatic N) is 2. The number of carbonyl (C=O) groups excluding carboxylic acids is 1. The van der Waals surface area contributed by atoms with Crippen molar-refractivity contribution in [1.82, 2.24) is 4.90 Å². The van der Waals surface area contributed by atoms with Crippen LogP contribution in [0.5, 0.6) is 0 Å². The zero-order valence-corrected chi connectivity index (χ0v) is 13.0. The maximum absolute atomic E-state index is 11.6. The summed E-state index contributed by atoms with van der Waals surface area (Å²) in [4.78, 5) is 17.2. The molecule has 21 heavy (non-hydrogen) atoms. The maximum atomic E-state index is 11.6. The van der Waals surface area contributed by atoms with Gasteiger partial charge in [0.1, 0.15) is 4.88 Å². The van der Waals surface area contributed by atoms with Crippen LogP contribution in [0.2, 0.25) is 0 Å². The number of amides is 1. The third kappa shape index (κ3) is 2.21. The number of primary amides is 1. The summed E-state index contributed by atoms with van der Waals surface area (Å²) in [6.07, 6.45) is 4.98. The molecule has 5 nitrogen and oxygen atoms in total. The lowest BCUT2D eigenvalue weighted by Crippen LogP contribution is -2.50. The summed E-state index contributed by atoms with van der Waals surface area (Å²) in [6, 6.07) is 0.672. The minimum atomic E-state index is -0.384. The Labute approximate surface area is 128 Å². The molecule has 3 heterocycles. The highest BCUT2D eigenvalue weighted by Crippen LogP contribution is 2.52. The molecule has 1 amide bonds. The number of fused-ring (bicyclic) bond motifs is 1. The average molecular weight is 306 g/mol. The molecular weight excluding hydrogens is 284 g/mol. The molecule has 1 saturated carbocycles. The van der Waals surface area contributed by atoms with E-state index in [1.165, 1.54) is 54.1 Å². The van der Waals surface area contributed by atoms with Crippen LogP contribution < -0.4 is 16.4 Å². The smallest absolute Gasteiger partial charge is 0.260 e. The zero-order valence-electron chi connectivity index (χ0n) is 12.2. The van der Waals surface area contributed by atoms with Crippen LogP contribution in [0.3, 0.4) is 0 Å². The molecule has 0 aromatic carbocycles. The molecule has 1 atom stereocenters. The van der Waals surface area contributed by atoms with Gasteiger partial charge in [-0.15, -0.1) is 11.3 Å². The second-order valence-electron chi connectivity index (χ2n) is 6.48. The first-order valence-corrected chi connectivity index (χ1v) is 8.67. The topological polar surface area (TPSA) is 75.6 Å². The summed E-state index contributed by atoms with van der Waals surface area (Å²) in [5.74, 6) is 0.163. The number of nitrogen functional groups attached to an aromatic ring is 1. The molecule has 0 bridgehead atoms. The van der Waals surface area contributed by atoms with E-state index in [2.05, 4.69) is 9.80 Å². The summed E-state index contributed by atoms with van der Waals surface area (Å²) in [5, 5.41) is 1.22. The molecule has 3 aliphatic rings. The van der Waals surface area contributed by atoms with E-state index in [1.807, 2.05) is 0 Å². The third-order valence-corrected chi connectivity index (χ3v) is 6.34. The highest BCUT2D eigenvalue weighted by Gasteiger charge is 2.37. The van der Waals surface area contributed by atoms with Crippen molar-refractivity contribution in [2.24, 2.45) is 5.73 Å². The van der Waals surface area contributed by atoms with Crippen molar-refractivity contribution in [3.63, 3.8) is 0 Å². The van der Waals surface area contributed by atoms with Crippen LogP contribution in [-0.2, 0) is 0 Å². The summed E-state index contributed by atoms with van der Waals surface area (Å²) in [5.41, 5.74) is 13.6. The lowest BCUT2D eigenvalue weighted by molar-refractivity contribution is 0.100. The quantitative estimate of drug-likeness (QED) is 0.889. The van der Waals surface area contributed by atoms with Crippen LogP contribution in [-0.4, -0.2) is 43.0 Å². The Morgan fingerprint density at radius 1 is 1.19 bits per heavy atom. The number of rotatable bonds is 3. The van der Waals surface area contributed by atoms with E-state index in [0.29, 0.717) is 22.5 Å². The number of piperazine rings is 1. The van der Waals surface area contributed by atoms with E-state index in [0.717, 1.165) is 19.6 Å². The highest BCUT2D eigenvalue weighted by atomic mass is 32.1. The monoisotopic (exact) mass is 306 g/mol. The molecule has 4 N–H and O–H groups in total. The molecule has 0 spiro atoms. The van der Waals surface area contributed by atoms with Crippen molar-refractivity contribution in [3.05, 3.63) is 10.4 Å². The Kier molecular flexibility index (Phi) is 3.11. The first-order chi connectivity index (χ1) is 10.1. The van der Waals surface area contributed by atoms with Crippen molar-refractivity contribution < 1.29 is 4.79 Å². The Morgan fingerprint density at radius 2 is 2.00 bits per heavy atom. The molecule has 0 radical (unpaired) electrons. The van der Waals surface area contributed by atoms with E-state index >= 15 is 0 Å². The molecule has 1 aliphatic carbocycles. The van der Waals surface area contributed by atoms with Crippen LogP contribution in [0, 0.1) is 0 Å². The highest BCUT2D eigenvalue weighted by molar-refractivity contribution is 7.18. The second-order valence-corrected chi connectivity index (χ2v) is 7.48. The van der Waals surface area contributed by atoms with Crippen LogP contribution in [0.25, 0.3) is 0 Å². The van der Waals surface area contributed by atoms with Crippen LogP contribution >= 0.6 is 11.3 Å². The minimum Gasteiger partial charge on any atom is -0.397 e. The Hall–Kier alpha value is -1.27. The van der Waals surface area contributed by atoms with Gasteiger partial charge < -0.3 is 16.4 Å². The summed E-state index contributed by atoms with van der Waals surface area (Å²) in [7, 11) is 0. The Bertz CT molecular complexity index is 580. The molecule has 3 fully saturated rings. The van der Waals surface area contributed by atoms with E-state index in [-0.39, 0.29) is 5.91 Å². The Balaban J connectivity index is 1.67. The standard InChI is InChI=1S/C15H22N4OS/c16-12-11(9-3-4-9)15(21-13(12)14(17)20)19-7-6-18-5-1-2-10(18)8-19/h9-10H,1-8,16H2,(H2,17,20). The summed E-state index contributed by atoms with van der Waals surface area (Å²) < 4.78 is 0. The van der Waals surface area contributed by atoms with E-state index in [9.17, 15) is 4.79 Å². The molecule has 2 aliphatic heterocycles. The van der Waals surface area contributed by atoms with Crippen molar-refractivity contribution >= 4 is 27.9 Å². The number of anilines is 2. The van der Waals surface area contributed by atoms with Crippen molar-refractivity contribution in [1.29, 1.82) is 0 Å². The largest absolute Gasteiger partial charge is 0.397 e. The fourth-order valence-electron chi connectivity index (χ4n) is 3.80.